The van der Waals surface area contributed by atoms with E-state index >= 15 is 0 Å². The van der Waals surface area contributed by atoms with Crippen LogP contribution in [0.15, 0.2) is 80.6 Å². The average Bonchev–Trinajstić information content (AvgIpc) is 2.69. The Morgan fingerprint density at radius 3 is 2.31 bits per heavy atom. The average molecular weight is 554 g/mol. The second-order valence-corrected chi connectivity index (χ2v) is 9.59. The maximum absolute atomic E-state index is 12.7. The number of hydrogen-bond acceptors (Lipinski definition) is 4. The van der Waals surface area contributed by atoms with Gasteiger partial charge in [-0.2, -0.15) is 13.7 Å². The highest BCUT2D eigenvalue weighted by Gasteiger charge is 2.21. The maximum atomic E-state index is 12.7. The molecule has 0 heterocycles. The van der Waals surface area contributed by atoms with Gasteiger partial charge in [-0.05, 0) is 64.0 Å². The molecule has 8 heteroatoms. The fraction of sp³-hybridized carbons (Fsp3) is 0. The summed E-state index contributed by atoms with van der Waals surface area (Å²) < 4.78 is 32.0. The first kappa shape index (κ1) is 21.6. The largest absolute Gasteiger partial charge is 0.377 e. The van der Waals surface area contributed by atoms with Gasteiger partial charge in [0.2, 0.25) is 0 Å². The zero-order valence-electron chi connectivity index (χ0n) is 14.6. The lowest BCUT2D eigenvalue weighted by molar-refractivity contribution is 0.484. The molecule has 0 radical (unpaired) electrons. The molecule has 0 aliphatic rings. The molecule has 3 aromatic rings. The Hall–Kier alpha value is -2.11. The summed E-state index contributed by atoms with van der Waals surface area (Å²) in [4.78, 5) is -0.0322. The molecule has 3 aromatic carbocycles. The van der Waals surface area contributed by atoms with Crippen LogP contribution in [0.1, 0.15) is 11.1 Å². The zero-order chi connectivity index (χ0) is 21.0. The summed E-state index contributed by atoms with van der Waals surface area (Å²) >= 11 is 12.6. The lowest BCUT2D eigenvalue weighted by Crippen LogP contribution is -2.11. The molecular formula is C21H12Br2ClNO3S. The van der Waals surface area contributed by atoms with Gasteiger partial charge in [0.05, 0.1) is 16.1 Å². The molecule has 3 rings (SSSR count). The van der Waals surface area contributed by atoms with Crippen molar-refractivity contribution in [2.45, 2.75) is 4.90 Å². The third-order valence-corrected chi connectivity index (χ3v) is 6.37. The molecular weight excluding hydrogens is 542 g/mol. The zero-order valence-corrected chi connectivity index (χ0v) is 19.4. The minimum Gasteiger partial charge on any atom is -0.377 e. The van der Waals surface area contributed by atoms with Crippen molar-refractivity contribution >= 4 is 65.2 Å². The maximum Gasteiger partial charge on any atom is 0.339 e. The fourth-order valence-corrected chi connectivity index (χ4v) is 5.03. The summed E-state index contributed by atoms with van der Waals surface area (Å²) in [5, 5.41) is 10.0. The Bertz CT molecular complexity index is 1220. The molecule has 0 atom stereocenters. The van der Waals surface area contributed by atoms with Gasteiger partial charge in [0, 0.05) is 15.1 Å². The first-order valence-corrected chi connectivity index (χ1v) is 11.5. The van der Waals surface area contributed by atoms with Gasteiger partial charge >= 0.3 is 10.1 Å². The van der Waals surface area contributed by atoms with Crippen LogP contribution in [0.3, 0.4) is 0 Å². The summed E-state index contributed by atoms with van der Waals surface area (Å²) in [7, 11) is -4.11. The number of hydrogen-bond donors (Lipinski definition) is 0. The molecule has 0 saturated carbocycles. The van der Waals surface area contributed by atoms with Crippen molar-refractivity contribution in [3.05, 3.63) is 91.8 Å². The van der Waals surface area contributed by atoms with Crippen LogP contribution >= 0.6 is 43.5 Å². The number of allylic oxidation sites excluding steroid dienone is 1. The highest BCUT2D eigenvalue weighted by atomic mass is 79.9. The molecule has 0 aliphatic carbocycles. The fourth-order valence-electron chi connectivity index (χ4n) is 2.49. The van der Waals surface area contributed by atoms with Crippen LogP contribution in [-0.4, -0.2) is 8.42 Å². The summed E-state index contributed by atoms with van der Waals surface area (Å²) in [5.74, 6) is 0.0758. The minimum absolute atomic E-state index is 0.0322. The Labute approximate surface area is 190 Å². The van der Waals surface area contributed by atoms with E-state index in [1.165, 1.54) is 24.3 Å². The van der Waals surface area contributed by atoms with E-state index in [2.05, 4.69) is 37.9 Å². The van der Waals surface area contributed by atoms with Crippen molar-refractivity contribution in [1.29, 1.82) is 5.26 Å². The van der Waals surface area contributed by atoms with Gasteiger partial charge < -0.3 is 4.18 Å². The number of halogens is 3. The smallest absolute Gasteiger partial charge is 0.339 e. The van der Waals surface area contributed by atoms with Crippen molar-refractivity contribution in [1.82, 2.24) is 0 Å². The van der Waals surface area contributed by atoms with E-state index in [0.717, 1.165) is 0 Å². The quantitative estimate of drug-likeness (QED) is 0.200. The second kappa shape index (κ2) is 9.14. The van der Waals surface area contributed by atoms with E-state index in [9.17, 15) is 13.7 Å². The molecule has 0 bridgehead atoms. The predicted octanol–water partition coefficient (Wildman–Crippen LogP) is 6.70. The lowest BCUT2D eigenvalue weighted by Gasteiger charge is -2.13. The molecule has 0 fully saturated rings. The van der Waals surface area contributed by atoms with Gasteiger partial charge in [0.25, 0.3) is 0 Å². The molecule has 0 N–H and O–H groups in total. The van der Waals surface area contributed by atoms with Crippen LogP contribution < -0.4 is 4.18 Å². The summed E-state index contributed by atoms with van der Waals surface area (Å²) in [6.45, 7) is 0. The van der Waals surface area contributed by atoms with Crippen LogP contribution in [0, 0.1) is 11.3 Å². The van der Waals surface area contributed by atoms with Crippen molar-refractivity contribution in [3.8, 4) is 11.8 Å². The van der Waals surface area contributed by atoms with Gasteiger partial charge in [-0.3, -0.25) is 0 Å². The van der Waals surface area contributed by atoms with Gasteiger partial charge in [0.1, 0.15) is 4.90 Å². The van der Waals surface area contributed by atoms with Gasteiger partial charge in [0.15, 0.2) is 5.75 Å². The summed E-state index contributed by atoms with van der Waals surface area (Å²) in [5.41, 5.74) is 1.49. The number of nitrogens with zero attached hydrogens (tertiary/aromatic N) is 1. The highest BCUT2D eigenvalue weighted by molar-refractivity contribution is 9.11. The van der Waals surface area contributed by atoms with E-state index in [0.29, 0.717) is 30.7 Å². The van der Waals surface area contributed by atoms with Gasteiger partial charge in [-0.25, -0.2) is 0 Å². The van der Waals surface area contributed by atoms with Crippen LogP contribution in [0.2, 0.25) is 5.02 Å². The van der Waals surface area contributed by atoms with Crippen molar-refractivity contribution in [2.75, 3.05) is 0 Å². The Morgan fingerprint density at radius 2 is 1.69 bits per heavy atom. The van der Waals surface area contributed by atoms with E-state index < -0.39 is 10.1 Å². The Kier molecular flexibility index (Phi) is 6.81. The van der Waals surface area contributed by atoms with Crippen LogP contribution in [0.25, 0.3) is 11.6 Å². The summed E-state index contributed by atoms with van der Waals surface area (Å²) in [6.07, 6.45) is 1.58. The van der Waals surface area contributed by atoms with Crippen LogP contribution in [-0.2, 0) is 10.1 Å². The Morgan fingerprint density at radius 1 is 1.03 bits per heavy atom. The van der Waals surface area contributed by atoms with Gasteiger partial charge in [-0.15, -0.1) is 0 Å². The number of nitriles is 1. The monoisotopic (exact) mass is 551 g/mol. The lowest BCUT2D eigenvalue weighted by atomic mass is 10.0. The Balaban J connectivity index is 2.10. The molecule has 0 aromatic heterocycles. The van der Waals surface area contributed by atoms with Crippen LogP contribution in [0.5, 0.6) is 5.75 Å². The summed E-state index contributed by atoms with van der Waals surface area (Å²) in [6, 6.07) is 20.2. The van der Waals surface area contributed by atoms with E-state index in [-0.39, 0.29) is 10.6 Å². The highest BCUT2D eigenvalue weighted by Crippen LogP contribution is 2.37. The van der Waals surface area contributed by atoms with E-state index in [1.807, 2.05) is 18.2 Å². The third kappa shape index (κ3) is 5.28. The SMILES string of the molecule is N#C/C(=C\c1cc(Br)cc(Br)c1OS(=O)(=O)c1ccc(Cl)cc1)c1ccccc1. The van der Waals surface area contributed by atoms with Crippen molar-refractivity contribution < 1.29 is 12.6 Å². The molecule has 29 heavy (non-hydrogen) atoms. The first-order chi connectivity index (χ1) is 13.8. The first-order valence-electron chi connectivity index (χ1n) is 8.16. The predicted molar refractivity (Wildman–Crippen MR) is 121 cm³/mol. The minimum atomic E-state index is -4.11. The van der Waals surface area contributed by atoms with Crippen molar-refractivity contribution in [3.63, 3.8) is 0 Å². The normalized spacial score (nSPS) is 11.7. The molecule has 0 amide bonds. The standard InChI is InChI=1S/C21H12Br2ClNO3S/c22-17-11-15(10-16(13-25)14-4-2-1-3-5-14)21(20(23)12-17)28-29(26,27)19-8-6-18(24)7-9-19/h1-12H/b16-10+. The molecule has 146 valence electrons. The molecule has 0 aliphatic heterocycles. The number of rotatable bonds is 5. The van der Waals surface area contributed by atoms with Crippen LogP contribution in [0.4, 0.5) is 0 Å². The second-order valence-electron chi connectivity index (χ2n) is 5.83. The van der Waals surface area contributed by atoms with Crippen molar-refractivity contribution in [2.24, 2.45) is 0 Å². The molecule has 4 nitrogen and oxygen atoms in total. The third-order valence-electron chi connectivity index (χ3n) is 3.84. The molecule has 0 saturated heterocycles. The van der Waals surface area contributed by atoms with E-state index in [1.54, 1.807) is 30.3 Å². The topological polar surface area (TPSA) is 67.2 Å². The molecule has 0 spiro atoms. The van der Waals surface area contributed by atoms with E-state index in [4.69, 9.17) is 15.8 Å². The molecule has 0 unspecified atom stereocenters. The van der Waals surface area contributed by atoms with Gasteiger partial charge in [-0.1, -0.05) is 57.9 Å². The number of benzene rings is 3.